The molecule has 2 aliphatic rings. The fourth-order valence-corrected chi connectivity index (χ4v) is 3.86. The summed E-state index contributed by atoms with van der Waals surface area (Å²) < 4.78 is 5.33. The molecule has 1 aromatic rings. The van der Waals surface area contributed by atoms with Crippen molar-refractivity contribution in [3.63, 3.8) is 0 Å². The Balaban J connectivity index is 1.85. The molecule has 0 atom stereocenters. The number of aliphatic hydroxyl groups is 1. The van der Waals surface area contributed by atoms with Gasteiger partial charge in [0.15, 0.2) is 11.6 Å². The van der Waals surface area contributed by atoms with Crippen LogP contribution in [0.2, 0.25) is 0 Å². The molecule has 6 heteroatoms. The van der Waals surface area contributed by atoms with Crippen molar-refractivity contribution in [1.82, 2.24) is 5.16 Å². The molecule has 2 aliphatic carbocycles. The Morgan fingerprint density at radius 2 is 2.07 bits per heavy atom. The van der Waals surface area contributed by atoms with Crippen molar-refractivity contribution in [3.8, 4) is 0 Å². The normalized spacial score (nSPS) is 20.0. The van der Waals surface area contributed by atoms with Gasteiger partial charge in [0.25, 0.3) is 0 Å². The van der Waals surface area contributed by atoms with Gasteiger partial charge >= 0.3 is 0 Å². The zero-order chi connectivity index (χ0) is 19.6. The van der Waals surface area contributed by atoms with E-state index in [1.165, 1.54) is 0 Å². The number of nitrogens with zero attached hydrogens (tertiary/aromatic N) is 2. The van der Waals surface area contributed by atoms with Gasteiger partial charge in [-0.15, -0.1) is 6.58 Å². The van der Waals surface area contributed by atoms with Crippen LogP contribution in [-0.4, -0.2) is 34.1 Å². The first-order chi connectivity index (χ1) is 12.8. The van der Waals surface area contributed by atoms with Crippen LogP contribution in [0.25, 0.3) is 0 Å². The summed E-state index contributed by atoms with van der Waals surface area (Å²) in [6.45, 7) is 7.96. The van der Waals surface area contributed by atoms with Crippen molar-refractivity contribution in [1.29, 1.82) is 0 Å². The molecule has 0 unspecified atom stereocenters. The summed E-state index contributed by atoms with van der Waals surface area (Å²) in [4.78, 5) is 29.3. The van der Waals surface area contributed by atoms with Crippen LogP contribution >= 0.6 is 0 Å². The molecule has 1 heterocycles. The standard InChI is InChI=1S/C21H26N2O4/c1-4-10-22-13(19-16(25)11-21(2,3)12-17(19)26)8-9-14-20-15(24)6-5-7-18(20)27-23-14/h4,25H,1,5-12H2,2-3H3. The van der Waals surface area contributed by atoms with E-state index in [0.717, 1.165) is 12.8 Å². The molecule has 0 spiro atoms. The molecule has 1 aromatic heterocycles. The highest BCUT2D eigenvalue weighted by Crippen LogP contribution is 2.36. The molecule has 6 nitrogen and oxygen atoms in total. The van der Waals surface area contributed by atoms with Gasteiger partial charge in [0.1, 0.15) is 11.5 Å². The lowest BCUT2D eigenvalue weighted by Crippen LogP contribution is -2.29. The van der Waals surface area contributed by atoms with Crippen LogP contribution < -0.4 is 0 Å². The molecule has 0 aromatic carbocycles. The van der Waals surface area contributed by atoms with E-state index in [-0.39, 0.29) is 22.7 Å². The Morgan fingerprint density at radius 3 is 2.78 bits per heavy atom. The number of carbonyl (C=O) groups excluding carboxylic acids is 2. The minimum absolute atomic E-state index is 0.0645. The van der Waals surface area contributed by atoms with E-state index in [9.17, 15) is 14.7 Å². The number of hydrogen-bond acceptors (Lipinski definition) is 6. The number of carbonyl (C=O) groups is 2. The van der Waals surface area contributed by atoms with Gasteiger partial charge in [-0.1, -0.05) is 25.1 Å². The summed E-state index contributed by atoms with van der Waals surface area (Å²) in [5.41, 5.74) is 1.82. The second-order valence-electron chi connectivity index (χ2n) is 8.04. The van der Waals surface area contributed by atoms with E-state index in [2.05, 4.69) is 16.7 Å². The van der Waals surface area contributed by atoms with Gasteiger partial charge < -0.3 is 9.63 Å². The van der Waals surface area contributed by atoms with Gasteiger partial charge in [0, 0.05) is 31.4 Å². The molecule has 27 heavy (non-hydrogen) atoms. The summed E-state index contributed by atoms with van der Waals surface area (Å²) in [6.07, 6.45) is 5.34. The minimum atomic E-state index is -0.258. The van der Waals surface area contributed by atoms with E-state index in [0.29, 0.717) is 67.0 Å². The van der Waals surface area contributed by atoms with Gasteiger partial charge in [-0.2, -0.15) is 0 Å². The van der Waals surface area contributed by atoms with Crippen LogP contribution in [0, 0.1) is 5.41 Å². The molecule has 0 aliphatic heterocycles. The molecular weight excluding hydrogens is 344 g/mol. The third-order valence-corrected chi connectivity index (χ3v) is 5.07. The minimum Gasteiger partial charge on any atom is -0.511 e. The number of aromatic nitrogens is 1. The van der Waals surface area contributed by atoms with Crippen LogP contribution in [-0.2, 0) is 17.6 Å². The van der Waals surface area contributed by atoms with Gasteiger partial charge in [0.2, 0.25) is 0 Å². The molecule has 0 bridgehead atoms. The zero-order valence-electron chi connectivity index (χ0n) is 16.0. The van der Waals surface area contributed by atoms with Crippen molar-refractivity contribution >= 4 is 17.3 Å². The Bertz CT molecular complexity index is 842. The van der Waals surface area contributed by atoms with Gasteiger partial charge in [-0.25, -0.2) is 0 Å². The monoisotopic (exact) mass is 370 g/mol. The maximum absolute atomic E-state index is 12.7. The molecule has 0 fully saturated rings. The quantitative estimate of drug-likeness (QED) is 0.604. The summed E-state index contributed by atoms with van der Waals surface area (Å²) in [5, 5.41) is 14.6. The number of aliphatic hydroxyl groups excluding tert-OH is 1. The number of fused-ring (bicyclic) bond motifs is 1. The second-order valence-corrected chi connectivity index (χ2v) is 8.04. The average molecular weight is 370 g/mol. The fraction of sp³-hybridized carbons (Fsp3) is 0.524. The van der Waals surface area contributed by atoms with Crippen LogP contribution in [0.3, 0.4) is 0 Å². The lowest BCUT2D eigenvalue weighted by atomic mass is 9.75. The van der Waals surface area contributed by atoms with Crippen molar-refractivity contribution in [2.45, 2.75) is 58.8 Å². The predicted octanol–water partition coefficient (Wildman–Crippen LogP) is 3.95. The second kappa shape index (κ2) is 7.62. The van der Waals surface area contributed by atoms with Gasteiger partial charge in [-0.05, 0) is 24.7 Å². The summed E-state index contributed by atoms with van der Waals surface area (Å²) >= 11 is 0. The number of allylic oxidation sites excluding steroid dienone is 2. The SMILES string of the molecule is C=CCN=C(CCc1noc2c1C(=O)CCC2)C1=C(O)CC(C)(C)CC1=O. The van der Waals surface area contributed by atoms with Crippen molar-refractivity contribution in [2.24, 2.45) is 10.4 Å². The molecule has 0 saturated carbocycles. The van der Waals surface area contributed by atoms with Crippen LogP contribution in [0.1, 0.15) is 67.8 Å². The molecule has 144 valence electrons. The highest BCUT2D eigenvalue weighted by atomic mass is 16.5. The summed E-state index contributed by atoms with van der Waals surface area (Å²) in [6, 6.07) is 0. The first-order valence-corrected chi connectivity index (χ1v) is 9.43. The molecule has 0 saturated heterocycles. The lowest BCUT2D eigenvalue weighted by Gasteiger charge is -2.30. The van der Waals surface area contributed by atoms with Crippen molar-refractivity contribution in [2.75, 3.05) is 6.54 Å². The highest BCUT2D eigenvalue weighted by Gasteiger charge is 2.35. The smallest absolute Gasteiger partial charge is 0.168 e. The number of hydrogen-bond donors (Lipinski definition) is 1. The van der Waals surface area contributed by atoms with E-state index >= 15 is 0 Å². The van der Waals surface area contributed by atoms with Gasteiger partial charge in [-0.3, -0.25) is 14.6 Å². The molecule has 1 N–H and O–H groups in total. The Kier molecular flexibility index (Phi) is 5.44. The number of Topliss-reactive ketones (excluding diaryl/α,β-unsaturated/α-hetero) is 2. The first-order valence-electron chi connectivity index (χ1n) is 9.43. The average Bonchev–Trinajstić information content (AvgIpc) is 2.99. The van der Waals surface area contributed by atoms with Crippen LogP contribution in [0.15, 0.2) is 33.5 Å². The predicted molar refractivity (Wildman–Crippen MR) is 102 cm³/mol. The Morgan fingerprint density at radius 1 is 1.30 bits per heavy atom. The number of aliphatic imine (C=N–C) groups is 1. The maximum Gasteiger partial charge on any atom is 0.168 e. The van der Waals surface area contributed by atoms with E-state index < -0.39 is 0 Å². The largest absolute Gasteiger partial charge is 0.511 e. The van der Waals surface area contributed by atoms with E-state index in [1.807, 2.05) is 13.8 Å². The Labute approximate surface area is 159 Å². The van der Waals surface area contributed by atoms with Crippen LogP contribution in [0.4, 0.5) is 0 Å². The number of aryl methyl sites for hydroxylation is 2. The molecular formula is C21H26N2O4. The molecule has 3 rings (SSSR count). The molecule has 0 amide bonds. The van der Waals surface area contributed by atoms with Crippen LogP contribution in [0.5, 0.6) is 0 Å². The Hall–Kier alpha value is -2.50. The van der Waals surface area contributed by atoms with E-state index in [4.69, 9.17) is 4.52 Å². The zero-order valence-corrected chi connectivity index (χ0v) is 16.0. The molecule has 0 radical (unpaired) electrons. The summed E-state index contributed by atoms with van der Waals surface area (Å²) in [5.74, 6) is 0.722. The number of ketones is 2. The van der Waals surface area contributed by atoms with Gasteiger partial charge in [0.05, 0.1) is 23.4 Å². The maximum atomic E-state index is 12.7. The summed E-state index contributed by atoms with van der Waals surface area (Å²) in [7, 11) is 0. The van der Waals surface area contributed by atoms with Crippen molar-refractivity contribution in [3.05, 3.63) is 41.0 Å². The lowest BCUT2D eigenvalue weighted by molar-refractivity contribution is -0.118. The van der Waals surface area contributed by atoms with E-state index in [1.54, 1.807) is 6.08 Å². The third-order valence-electron chi connectivity index (χ3n) is 5.07. The first kappa shape index (κ1) is 19.3. The van der Waals surface area contributed by atoms with Crippen molar-refractivity contribution < 1.29 is 19.2 Å². The fourth-order valence-electron chi connectivity index (χ4n) is 3.86. The third kappa shape index (κ3) is 4.10. The number of rotatable bonds is 6. The highest BCUT2D eigenvalue weighted by molar-refractivity contribution is 6.23. The topological polar surface area (TPSA) is 92.8 Å².